The lowest BCUT2D eigenvalue weighted by atomic mass is 10.1. The molecule has 0 aliphatic heterocycles. The Bertz CT molecular complexity index is 625. The summed E-state index contributed by atoms with van der Waals surface area (Å²) in [6.07, 6.45) is 3.49. The van der Waals surface area contributed by atoms with Crippen molar-refractivity contribution < 1.29 is 4.79 Å². The highest BCUT2D eigenvalue weighted by molar-refractivity contribution is 5.92. The van der Waals surface area contributed by atoms with Crippen molar-refractivity contribution in [1.82, 2.24) is 15.5 Å². The predicted molar refractivity (Wildman–Crippen MR) is 92.4 cm³/mol. The Balaban J connectivity index is 1.84. The van der Waals surface area contributed by atoms with E-state index < -0.39 is 0 Å². The second-order valence-electron chi connectivity index (χ2n) is 5.55. The summed E-state index contributed by atoms with van der Waals surface area (Å²) in [7, 11) is 0. The first kappa shape index (κ1) is 16.9. The van der Waals surface area contributed by atoms with Crippen LogP contribution < -0.4 is 10.6 Å². The Morgan fingerprint density at radius 3 is 2.61 bits per heavy atom. The van der Waals surface area contributed by atoms with E-state index in [1.165, 1.54) is 12.8 Å². The molecule has 0 atom stereocenters. The Hall–Kier alpha value is -2.43. The van der Waals surface area contributed by atoms with Crippen LogP contribution in [0.3, 0.4) is 0 Å². The molecule has 1 aromatic carbocycles. The zero-order valence-corrected chi connectivity index (χ0v) is 13.8. The van der Waals surface area contributed by atoms with Gasteiger partial charge in [-0.1, -0.05) is 44.0 Å². The van der Waals surface area contributed by atoms with Crippen molar-refractivity contribution >= 4 is 11.7 Å². The number of aromatic nitrogens is 2. The summed E-state index contributed by atoms with van der Waals surface area (Å²) in [6, 6.07) is 11.5. The van der Waals surface area contributed by atoms with E-state index in [1.807, 2.05) is 31.2 Å². The Morgan fingerprint density at radius 1 is 1.09 bits per heavy atom. The zero-order valence-electron chi connectivity index (χ0n) is 13.8. The number of carbonyl (C=O) groups excluding carboxylic acids is 1. The summed E-state index contributed by atoms with van der Waals surface area (Å²) in [6.45, 7) is 5.57. The SMILES string of the molecule is CCCCCNc1ccc(C(=O)NCc2ccccc2C)nn1. The first-order chi connectivity index (χ1) is 11.2. The van der Waals surface area contributed by atoms with Crippen LogP contribution in [0.2, 0.25) is 0 Å². The maximum Gasteiger partial charge on any atom is 0.272 e. The van der Waals surface area contributed by atoms with E-state index in [0.29, 0.717) is 18.1 Å². The van der Waals surface area contributed by atoms with Crippen LogP contribution in [0.4, 0.5) is 5.82 Å². The van der Waals surface area contributed by atoms with Gasteiger partial charge < -0.3 is 10.6 Å². The average Bonchev–Trinajstić information content (AvgIpc) is 2.58. The first-order valence-corrected chi connectivity index (χ1v) is 8.11. The third-order valence-corrected chi connectivity index (χ3v) is 3.68. The molecule has 1 aromatic heterocycles. The van der Waals surface area contributed by atoms with Crippen LogP contribution in [0.1, 0.15) is 47.8 Å². The second kappa shape index (κ2) is 8.88. The maximum atomic E-state index is 12.1. The molecule has 2 rings (SSSR count). The largest absolute Gasteiger partial charge is 0.369 e. The van der Waals surface area contributed by atoms with E-state index >= 15 is 0 Å². The molecule has 0 aliphatic carbocycles. The number of hydrogen-bond donors (Lipinski definition) is 2. The molecule has 5 heteroatoms. The van der Waals surface area contributed by atoms with Gasteiger partial charge >= 0.3 is 0 Å². The molecule has 0 bridgehead atoms. The van der Waals surface area contributed by atoms with Crippen molar-refractivity contribution in [3.8, 4) is 0 Å². The van der Waals surface area contributed by atoms with E-state index in [-0.39, 0.29) is 5.91 Å². The molecule has 2 aromatic rings. The van der Waals surface area contributed by atoms with E-state index in [2.05, 4.69) is 27.8 Å². The molecule has 0 fully saturated rings. The fraction of sp³-hybridized carbons (Fsp3) is 0.389. The summed E-state index contributed by atoms with van der Waals surface area (Å²) in [5.41, 5.74) is 2.59. The van der Waals surface area contributed by atoms with Gasteiger partial charge in [0.1, 0.15) is 5.82 Å². The van der Waals surface area contributed by atoms with Crippen LogP contribution in [0, 0.1) is 6.92 Å². The maximum absolute atomic E-state index is 12.1. The summed E-state index contributed by atoms with van der Waals surface area (Å²) in [5, 5.41) is 14.1. The lowest BCUT2D eigenvalue weighted by Gasteiger charge is -2.08. The number of nitrogens with zero attached hydrogens (tertiary/aromatic N) is 2. The summed E-state index contributed by atoms with van der Waals surface area (Å²) < 4.78 is 0. The smallest absolute Gasteiger partial charge is 0.272 e. The Kier molecular flexibility index (Phi) is 6.54. The molecule has 2 N–H and O–H groups in total. The van der Waals surface area contributed by atoms with Crippen molar-refractivity contribution in [3.63, 3.8) is 0 Å². The number of anilines is 1. The van der Waals surface area contributed by atoms with Crippen LogP contribution in [-0.4, -0.2) is 22.6 Å². The monoisotopic (exact) mass is 312 g/mol. The zero-order chi connectivity index (χ0) is 16.5. The van der Waals surface area contributed by atoms with E-state index in [4.69, 9.17) is 0 Å². The summed E-state index contributed by atoms with van der Waals surface area (Å²) in [5.74, 6) is 0.495. The van der Waals surface area contributed by atoms with Gasteiger partial charge in [-0.3, -0.25) is 4.79 Å². The average molecular weight is 312 g/mol. The molecule has 0 spiro atoms. The molecular formula is C18H24N4O. The van der Waals surface area contributed by atoms with Gasteiger partial charge in [0.25, 0.3) is 5.91 Å². The van der Waals surface area contributed by atoms with Gasteiger partial charge in [0.2, 0.25) is 0 Å². The van der Waals surface area contributed by atoms with Crippen molar-refractivity contribution in [2.24, 2.45) is 0 Å². The molecule has 5 nitrogen and oxygen atoms in total. The normalized spacial score (nSPS) is 10.3. The van der Waals surface area contributed by atoms with Crippen LogP contribution in [0.25, 0.3) is 0 Å². The predicted octanol–water partition coefficient (Wildman–Crippen LogP) is 3.32. The third kappa shape index (κ3) is 5.36. The van der Waals surface area contributed by atoms with Gasteiger partial charge in [-0.25, -0.2) is 0 Å². The third-order valence-electron chi connectivity index (χ3n) is 3.68. The molecule has 0 saturated carbocycles. The molecule has 23 heavy (non-hydrogen) atoms. The van der Waals surface area contributed by atoms with Crippen LogP contribution in [-0.2, 0) is 6.54 Å². The van der Waals surface area contributed by atoms with Gasteiger partial charge in [0.15, 0.2) is 5.69 Å². The molecule has 1 heterocycles. The minimum Gasteiger partial charge on any atom is -0.369 e. The number of amides is 1. The van der Waals surface area contributed by atoms with Crippen molar-refractivity contribution in [2.45, 2.75) is 39.7 Å². The number of aryl methyl sites for hydroxylation is 1. The van der Waals surface area contributed by atoms with Gasteiger partial charge in [-0.2, -0.15) is 0 Å². The van der Waals surface area contributed by atoms with Gasteiger partial charge in [-0.15, -0.1) is 10.2 Å². The van der Waals surface area contributed by atoms with Crippen LogP contribution in [0.15, 0.2) is 36.4 Å². The molecular weight excluding hydrogens is 288 g/mol. The number of nitrogens with one attached hydrogen (secondary N) is 2. The standard InChI is InChI=1S/C18H24N4O/c1-3-4-7-12-19-17-11-10-16(21-22-17)18(23)20-13-15-9-6-5-8-14(15)2/h5-6,8-11H,3-4,7,12-13H2,1-2H3,(H,19,22)(H,20,23). The Labute approximate surface area is 137 Å². The molecule has 0 saturated heterocycles. The number of hydrogen-bond acceptors (Lipinski definition) is 4. The van der Waals surface area contributed by atoms with Crippen LogP contribution in [0.5, 0.6) is 0 Å². The van der Waals surface area contributed by atoms with E-state index in [9.17, 15) is 4.79 Å². The topological polar surface area (TPSA) is 66.9 Å². The van der Waals surface area contributed by atoms with Crippen molar-refractivity contribution in [2.75, 3.05) is 11.9 Å². The van der Waals surface area contributed by atoms with Crippen molar-refractivity contribution in [3.05, 3.63) is 53.2 Å². The molecule has 1 amide bonds. The highest BCUT2D eigenvalue weighted by Crippen LogP contribution is 2.07. The van der Waals surface area contributed by atoms with E-state index in [1.54, 1.807) is 12.1 Å². The fourth-order valence-corrected chi connectivity index (χ4v) is 2.21. The minimum atomic E-state index is -0.210. The highest BCUT2D eigenvalue weighted by Gasteiger charge is 2.08. The summed E-state index contributed by atoms with van der Waals surface area (Å²) in [4.78, 5) is 12.1. The molecule has 0 aliphatic rings. The van der Waals surface area contributed by atoms with Crippen LogP contribution >= 0.6 is 0 Å². The molecule has 0 unspecified atom stereocenters. The molecule has 0 radical (unpaired) electrons. The quantitative estimate of drug-likeness (QED) is 0.734. The Morgan fingerprint density at radius 2 is 1.91 bits per heavy atom. The number of carbonyl (C=O) groups is 1. The molecule has 122 valence electrons. The number of benzene rings is 1. The van der Waals surface area contributed by atoms with Crippen molar-refractivity contribution in [1.29, 1.82) is 0 Å². The van der Waals surface area contributed by atoms with Gasteiger partial charge in [-0.05, 0) is 36.6 Å². The van der Waals surface area contributed by atoms with Gasteiger partial charge in [0, 0.05) is 13.1 Å². The van der Waals surface area contributed by atoms with Gasteiger partial charge in [0.05, 0.1) is 0 Å². The number of rotatable bonds is 8. The lowest BCUT2D eigenvalue weighted by Crippen LogP contribution is -2.24. The second-order valence-corrected chi connectivity index (χ2v) is 5.55. The highest BCUT2D eigenvalue weighted by atomic mass is 16.1. The first-order valence-electron chi connectivity index (χ1n) is 8.11. The summed E-state index contributed by atoms with van der Waals surface area (Å²) >= 11 is 0. The number of unbranched alkanes of at least 4 members (excludes halogenated alkanes) is 2. The fourth-order valence-electron chi connectivity index (χ4n) is 2.21. The van der Waals surface area contributed by atoms with E-state index in [0.717, 1.165) is 24.1 Å². The lowest BCUT2D eigenvalue weighted by molar-refractivity contribution is 0.0945. The minimum absolute atomic E-state index is 0.210.